The monoisotopic (exact) mass is 377 g/mol. The molecule has 0 unspecified atom stereocenters. The molecule has 1 aliphatic rings. The summed E-state index contributed by atoms with van der Waals surface area (Å²) in [4.78, 5) is 17.5. The molecule has 124 valence electrons. The Morgan fingerprint density at radius 2 is 1.96 bits per heavy atom. The first kappa shape index (κ1) is 16.5. The molecule has 0 bridgehead atoms. The van der Waals surface area contributed by atoms with Crippen molar-refractivity contribution in [2.24, 2.45) is 0 Å². The van der Waals surface area contributed by atoms with Gasteiger partial charge in [0.15, 0.2) is 0 Å². The third kappa shape index (κ3) is 3.77. The van der Waals surface area contributed by atoms with Crippen LogP contribution in [-0.2, 0) is 6.42 Å². The third-order valence-electron chi connectivity index (χ3n) is 4.64. The highest BCUT2D eigenvalue weighted by Gasteiger charge is 2.21. The SMILES string of the molecule is CCc1nc2ccc(Br)cn2c1C(=O)NC1CCCCCCC1. The second-order valence-corrected chi connectivity index (χ2v) is 7.27. The van der Waals surface area contributed by atoms with E-state index in [2.05, 4.69) is 26.2 Å². The van der Waals surface area contributed by atoms with E-state index in [9.17, 15) is 4.79 Å². The molecule has 1 fully saturated rings. The molecule has 1 saturated carbocycles. The molecule has 1 amide bonds. The predicted octanol–water partition coefficient (Wildman–Crippen LogP) is 4.50. The Balaban J connectivity index is 1.85. The third-order valence-corrected chi connectivity index (χ3v) is 5.11. The number of pyridine rings is 1. The minimum atomic E-state index is 0.0121. The lowest BCUT2D eigenvalue weighted by Gasteiger charge is -2.21. The van der Waals surface area contributed by atoms with Crippen LogP contribution in [0.15, 0.2) is 22.8 Å². The van der Waals surface area contributed by atoms with E-state index in [0.29, 0.717) is 11.7 Å². The van der Waals surface area contributed by atoms with Gasteiger partial charge in [-0.15, -0.1) is 0 Å². The van der Waals surface area contributed by atoms with Crippen molar-refractivity contribution < 1.29 is 4.79 Å². The van der Waals surface area contributed by atoms with Crippen LogP contribution >= 0.6 is 15.9 Å². The highest BCUT2D eigenvalue weighted by molar-refractivity contribution is 9.10. The van der Waals surface area contributed by atoms with Crippen LogP contribution in [0.1, 0.15) is 68.1 Å². The smallest absolute Gasteiger partial charge is 0.270 e. The molecule has 0 aliphatic heterocycles. The lowest BCUT2D eigenvalue weighted by atomic mass is 9.96. The number of imidazole rings is 1. The summed E-state index contributed by atoms with van der Waals surface area (Å²) in [6.45, 7) is 2.05. The Morgan fingerprint density at radius 3 is 2.65 bits per heavy atom. The Kier molecular flexibility index (Phi) is 5.36. The largest absolute Gasteiger partial charge is 0.348 e. The number of nitrogens with one attached hydrogen (secondary N) is 1. The fraction of sp³-hybridized carbons (Fsp3) is 0.556. The molecule has 4 nitrogen and oxygen atoms in total. The zero-order chi connectivity index (χ0) is 16.2. The summed E-state index contributed by atoms with van der Waals surface area (Å²) >= 11 is 3.48. The van der Waals surface area contributed by atoms with Crippen LogP contribution in [-0.4, -0.2) is 21.3 Å². The van der Waals surface area contributed by atoms with Crippen molar-refractivity contribution in [3.8, 4) is 0 Å². The highest BCUT2D eigenvalue weighted by Crippen LogP contribution is 2.20. The Labute approximate surface area is 145 Å². The average Bonchev–Trinajstić information content (AvgIpc) is 2.87. The van der Waals surface area contributed by atoms with Crippen molar-refractivity contribution in [1.82, 2.24) is 14.7 Å². The summed E-state index contributed by atoms with van der Waals surface area (Å²) in [6, 6.07) is 4.19. The number of aryl methyl sites for hydroxylation is 1. The van der Waals surface area contributed by atoms with Crippen molar-refractivity contribution >= 4 is 27.5 Å². The van der Waals surface area contributed by atoms with E-state index in [1.807, 2.05) is 29.7 Å². The van der Waals surface area contributed by atoms with Crippen molar-refractivity contribution in [2.75, 3.05) is 0 Å². The number of hydrogen-bond donors (Lipinski definition) is 1. The molecule has 5 heteroatoms. The van der Waals surface area contributed by atoms with Crippen LogP contribution in [0.5, 0.6) is 0 Å². The molecule has 0 atom stereocenters. The van der Waals surface area contributed by atoms with Gasteiger partial charge in [0.1, 0.15) is 11.3 Å². The standard InChI is InChI=1S/C18H24BrN3O/c1-2-15-17(22-12-13(19)10-11-16(22)21-15)18(23)20-14-8-6-4-3-5-7-9-14/h10-12,14H,2-9H2,1H3,(H,20,23). The Morgan fingerprint density at radius 1 is 1.26 bits per heavy atom. The average molecular weight is 378 g/mol. The Hall–Kier alpha value is -1.36. The van der Waals surface area contributed by atoms with Gasteiger partial charge >= 0.3 is 0 Å². The zero-order valence-electron chi connectivity index (χ0n) is 13.6. The first-order valence-corrected chi connectivity index (χ1v) is 9.45. The van der Waals surface area contributed by atoms with Crippen LogP contribution in [0.25, 0.3) is 5.65 Å². The number of fused-ring (bicyclic) bond motifs is 1. The maximum absolute atomic E-state index is 12.9. The number of amides is 1. The molecule has 3 rings (SSSR count). The predicted molar refractivity (Wildman–Crippen MR) is 95.8 cm³/mol. The van der Waals surface area contributed by atoms with Gasteiger partial charge in [-0.05, 0) is 47.3 Å². The number of carbonyl (C=O) groups excluding carboxylic acids is 1. The fourth-order valence-corrected chi connectivity index (χ4v) is 3.75. The van der Waals surface area contributed by atoms with E-state index in [-0.39, 0.29) is 5.91 Å². The summed E-state index contributed by atoms with van der Waals surface area (Å²) < 4.78 is 2.85. The van der Waals surface area contributed by atoms with Gasteiger partial charge in [0.2, 0.25) is 0 Å². The molecule has 1 N–H and O–H groups in total. The van der Waals surface area contributed by atoms with Crippen molar-refractivity contribution in [3.63, 3.8) is 0 Å². The van der Waals surface area contributed by atoms with Crippen molar-refractivity contribution in [1.29, 1.82) is 0 Å². The first-order valence-electron chi connectivity index (χ1n) is 8.66. The minimum Gasteiger partial charge on any atom is -0.348 e. The van der Waals surface area contributed by atoms with Crippen LogP contribution < -0.4 is 5.32 Å². The maximum Gasteiger partial charge on any atom is 0.270 e. The molecule has 0 radical (unpaired) electrons. The van der Waals surface area contributed by atoms with Crippen molar-refractivity contribution in [2.45, 2.75) is 64.3 Å². The number of carbonyl (C=O) groups is 1. The molecule has 2 aromatic heterocycles. The maximum atomic E-state index is 12.9. The summed E-state index contributed by atoms with van der Waals surface area (Å²) in [5.74, 6) is 0.0121. The summed E-state index contributed by atoms with van der Waals surface area (Å²) in [7, 11) is 0. The fourth-order valence-electron chi connectivity index (χ4n) is 3.41. The van der Waals surface area contributed by atoms with Crippen LogP contribution in [0.3, 0.4) is 0 Å². The topological polar surface area (TPSA) is 46.4 Å². The van der Waals surface area contributed by atoms with E-state index >= 15 is 0 Å². The number of nitrogens with zero attached hydrogens (tertiary/aromatic N) is 2. The van der Waals surface area contributed by atoms with E-state index < -0.39 is 0 Å². The van der Waals surface area contributed by atoms with Crippen LogP contribution in [0, 0.1) is 0 Å². The van der Waals surface area contributed by atoms with E-state index in [1.54, 1.807) is 0 Å². The number of hydrogen-bond acceptors (Lipinski definition) is 2. The van der Waals surface area contributed by atoms with Gasteiger partial charge in [-0.25, -0.2) is 4.98 Å². The van der Waals surface area contributed by atoms with Crippen LogP contribution in [0.4, 0.5) is 0 Å². The summed E-state index contributed by atoms with van der Waals surface area (Å²) in [5.41, 5.74) is 2.38. The molecule has 2 aromatic rings. The zero-order valence-corrected chi connectivity index (χ0v) is 15.2. The molecule has 1 aliphatic carbocycles. The van der Waals surface area contributed by atoms with Gasteiger partial charge in [0, 0.05) is 16.7 Å². The molecule has 23 heavy (non-hydrogen) atoms. The van der Waals surface area contributed by atoms with Gasteiger partial charge in [0.05, 0.1) is 5.69 Å². The summed E-state index contributed by atoms with van der Waals surface area (Å²) in [5, 5.41) is 3.26. The van der Waals surface area contributed by atoms with Gasteiger partial charge < -0.3 is 5.32 Å². The molecule has 2 heterocycles. The van der Waals surface area contributed by atoms with E-state index in [1.165, 1.54) is 32.1 Å². The van der Waals surface area contributed by atoms with Gasteiger partial charge in [-0.1, -0.05) is 39.0 Å². The van der Waals surface area contributed by atoms with Crippen molar-refractivity contribution in [3.05, 3.63) is 34.2 Å². The quantitative estimate of drug-likeness (QED) is 0.855. The van der Waals surface area contributed by atoms with E-state index in [0.717, 1.165) is 35.1 Å². The second-order valence-electron chi connectivity index (χ2n) is 6.35. The first-order chi connectivity index (χ1) is 11.2. The normalized spacial score (nSPS) is 17.0. The molecule has 0 saturated heterocycles. The molecule has 0 spiro atoms. The lowest BCUT2D eigenvalue weighted by Crippen LogP contribution is -2.36. The number of halogens is 1. The van der Waals surface area contributed by atoms with E-state index in [4.69, 9.17) is 0 Å². The van der Waals surface area contributed by atoms with Gasteiger partial charge in [0.25, 0.3) is 5.91 Å². The Bertz CT molecular complexity index is 687. The summed E-state index contributed by atoms with van der Waals surface area (Å²) in [6.07, 6.45) is 11.2. The molecule has 0 aromatic carbocycles. The number of aromatic nitrogens is 2. The second kappa shape index (κ2) is 7.47. The van der Waals surface area contributed by atoms with Crippen LogP contribution in [0.2, 0.25) is 0 Å². The molecular weight excluding hydrogens is 354 g/mol. The van der Waals surface area contributed by atoms with Gasteiger partial charge in [-0.3, -0.25) is 9.20 Å². The number of rotatable bonds is 3. The highest BCUT2D eigenvalue weighted by atomic mass is 79.9. The lowest BCUT2D eigenvalue weighted by molar-refractivity contribution is 0.0923. The minimum absolute atomic E-state index is 0.0121. The van der Waals surface area contributed by atoms with Gasteiger partial charge in [-0.2, -0.15) is 0 Å². The molecular formula is C18H24BrN3O.